The lowest BCUT2D eigenvalue weighted by molar-refractivity contribution is -0.170. The zero-order chi connectivity index (χ0) is 28.5. The molecule has 0 aromatic heterocycles. The van der Waals surface area contributed by atoms with Crippen LogP contribution in [0.25, 0.3) is 0 Å². The quantitative estimate of drug-likeness (QED) is 0.0886. The van der Waals surface area contributed by atoms with E-state index in [0.29, 0.717) is 49.1 Å². The largest absolute Gasteiger partial charge is 0.475 e. The normalized spacial score (nSPS) is 31.5. The molecule has 228 valence electrons. The molecule has 1 aliphatic carbocycles. The zero-order valence-corrected chi connectivity index (χ0v) is 25.3. The molecule has 4 fully saturated rings. The summed E-state index contributed by atoms with van der Waals surface area (Å²) in [6, 6.07) is 0. The molecular weight excluding hydrogens is 508 g/mol. The van der Waals surface area contributed by atoms with Crippen molar-refractivity contribution in [2.45, 2.75) is 148 Å². The third-order valence-corrected chi connectivity index (χ3v) is 9.37. The number of epoxide rings is 1. The van der Waals surface area contributed by atoms with Crippen molar-refractivity contribution in [1.82, 2.24) is 0 Å². The van der Waals surface area contributed by atoms with Gasteiger partial charge >= 0.3 is 5.97 Å². The van der Waals surface area contributed by atoms with Gasteiger partial charge < -0.3 is 28.8 Å². The molecular formula is C33H54O7. The zero-order valence-electron chi connectivity index (χ0n) is 25.3. The van der Waals surface area contributed by atoms with Crippen LogP contribution >= 0.6 is 0 Å². The highest BCUT2D eigenvalue weighted by molar-refractivity contribution is 5.84. The van der Waals surface area contributed by atoms with E-state index in [1.54, 1.807) is 0 Å². The van der Waals surface area contributed by atoms with Gasteiger partial charge in [0.1, 0.15) is 0 Å². The molecule has 0 aromatic rings. The maximum Gasteiger partial charge on any atom is 0.374 e. The molecule has 3 unspecified atom stereocenters. The van der Waals surface area contributed by atoms with Crippen molar-refractivity contribution in [1.29, 1.82) is 0 Å². The highest BCUT2D eigenvalue weighted by atomic mass is 16.7. The van der Waals surface area contributed by atoms with E-state index in [2.05, 4.69) is 27.4 Å². The van der Waals surface area contributed by atoms with Crippen LogP contribution in [0.4, 0.5) is 0 Å². The molecule has 0 aromatic carbocycles. The van der Waals surface area contributed by atoms with Crippen LogP contribution in [0.15, 0.2) is 23.7 Å². The number of hydrogen-bond donors (Lipinski definition) is 1. The first kappa shape index (κ1) is 31.4. The second-order valence-corrected chi connectivity index (χ2v) is 13.3. The maximum absolute atomic E-state index is 12.3. The van der Waals surface area contributed by atoms with Crippen molar-refractivity contribution in [2.24, 2.45) is 17.3 Å². The first-order valence-electron chi connectivity index (χ1n) is 16.1. The summed E-state index contributed by atoms with van der Waals surface area (Å²) in [7, 11) is 0. The molecule has 0 bridgehead atoms. The number of hydrogen-bond acceptors (Lipinski definition) is 6. The third-order valence-electron chi connectivity index (χ3n) is 9.37. The Kier molecular flexibility index (Phi) is 11.8. The number of unbranched alkanes of at least 4 members (excludes halogenated alkanes) is 1. The lowest BCUT2D eigenvalue weighted by atomic mass is 9.79. The van der Waals surface area contributed by atoms with Gasteiger partial charge in [-0.15, -0.1) is 0 Å². The van der Waals surface area contributed by atoms with E-state index in [4.69, 9.17) is 23.7 Å². The van der Waals surface area contributed by atoms with Crippen molar-refractivity contribution in [2.75, 3.05) is 13.2 Å². The Hall–Kier alpha value is -1.57. The summed E-state index contributed by atoms with van der Waals surface area (Å²) >= 11 is 0. The van der Waals surface area contributed by atoms with Gasteiger partial charge in [0.25, 0.3) is 0 Å². The molecule has 40 heavy (non-hydrogen) atoms. The molecule has 6 atom stereocenters. The number of allylic oxidation sites excluding steroid dienone is 1. The Morgan fingerprint density at radius 3 is 2.27 bits per heavy atom. The Balaban J connectivity index is 1.35. The number of aliphatic carboxylic acids is 1. The lowest BCUT2D eigenvalue weighted by Crippen LogP contribution is -2.28. The van der Waals surface area contributed by atoms with Gasteiger partial charge in [-0.1, -0.05) is 52.2 Å². The summed E-state index contributed by atoms with van der Waals surface area (Å²) in [6.07, 6.45) is 15.7. The topological polar surface area (TPSA) is 86.8 Å². The van der Waals surface area contributed by atoms with Crippen LogP contribution in [-0.2, 0) is 28.5 Å². The molecule has 4 aliphatic rings. The number of rotatable bonds is 16. The number of ether oxygens (including phenoxy) is 5. The van der Waals surface area contributed by atoms with Crippen molar-refractivity contribution in [3.05, 3.63) is 23.7 Å². The molecule has 7 heteroatoms. The van der Waals surface area contributed by atoms with Gasteiger partial charge in [-0.3, -0.25) is 0 Å². The standard InChI is InChI=1S/C33H54O7/c1-5-6-17-33(3,4)18-11-12-24-16-15-23(2)25(24)21-26-27(38-26)22-28(39-29-13-7-9-19-36-29)31(32(34)35)40-30-14-8-10-20-37-30/h24-27,29-30H,2,5-22H2,1,3-4H3,(H,34,35)/t24-,25-,26+,27?,29?,30?/m0/s1. The summed E-state index contributed by atoms with van der Waals surface area (Å²) in [5.41, 5.74) is 1.78. The molecule has 3 aliphatic heterocycles. The van der Waals surface area contributed by atoms with Crippen LogP contribution in [0.1, 0.15) is 124 Å². The fourth-order valence-electron chi connectivity index (χ4n) is 6.75. The maximum atomic E-state index is 12.3. The molecule has 1 saturated carbocycles. The molecule has 0 spiro atoms. The van der Waals surface area contributed by atoms with Gasteiger partial charge in [-0.2, -0.15) is 0 Å². The summed E-state index contributed by atoms with van der Waals surface area (Å²) in [4.78, 5) is 12.3. The van der Waals surface area contributed by atoms with Crippen molar-refractivity contribution >= 4 is 5.97 Å². The summed E-state index contributed by atoms with van der Waals surface area (Å²) in [6.45, 7) is 12.7. The summed E-state index contributed by atoms with van der Waals surface area (Å²) < 4.78 is 29.7. The van der Waals surface area contributed by atoms with Crippen LogP contribution in [0.5, 0.6) is 0 Å². The molecule has 7 nitrogen and oxygen atoms in total. The van der Waals surface area contributed by atoms with Gasteiger partial charge in [-0.05, 0) is 81.5 Å². The average molecular weight is 563 g/mol. The molecule has 3 saturated heterocycles. The lowest BCUT2D eigenvalue weighted by Gasteiger charge is -2.28. The van der Waals surface area contributed by atoms with E-state index in [0.717, 1.165) is 44.9 Å². The molecule has 0 amide bonds. The Morgan fingerprint density at radius 2 is 1.65 bits per heavy atom. The predicted molar refractivity (Wildman–Crippen MR) is 154 cm³/mol. The summed E-state index contributed by atoms with van der Waals surface area (Å²) in [5.74, 6) is 0.168. The van der Waals surface area contributed by atoms with Crippen LogP contribution < -0.4 is 0 Å². The van der Waals surface area contributed by atoms with E-state index in [-0.39, 0.29) is 18.0 Å². The minimum atomic E-state index is -1.14. The second-order valence-electron chi connectivity index (χ2n) is 13.3. The van der Waals surface area contributed by atoms with Gasteiger partial charge in [-0.25, -0.2) is 4.79 Å². The van der Waals surface area contributed by atoms with Gasteiger partial charge in [0, 0.05) is 19.3 Å². The number of carboxylic acids is 1. The first-order chi connectivity index (χ1) is 19.3. The third kappa shape index (κ3) is 9.49. The van der Waals surface area contributed by atoms with Gasteiger partial charge in [0.2, 0.25) is 5.76 Å². The SMILES string of the molecule is C=C1CC[C@H](CCCC(C)(C)CCCC)[C@H]1C[C@H]1OC1CC(OC1CCCCO1)=C(OC1CCCCO1)C(=O)O. The molecule has 1 N–H and O–H groups in total. The fourth-order valence-corrected chi connectivity index (χ4v) is 6.75. The summed E-state index contributed by atoms with van der Waals surface area (Å²) in [5, 5.41) is 10.1. The first-order valence-corrected chi connectivity index (χ1v) is 16.1. The van der Waals surface area contributed by atoms with E-state index < -0.39 is 18.5 Å². The highest BCUT2D eigenvalue weighted by Crippen LogP contribution is 2.46. The van der Waals surface area contributed by atoms with Crippen LogP contribution in [0.2, 0.25) is 0 Å². The molecule has 0 radical (unpaired) electrons. The number of carbonyl (C=O) groups is 1. The monoisotopic (exact) mass is 562 g/mol. The van der Waals surface area contributed by atoms with E-state index in [1.165, 1.54) is 50.5 Å². The van der Waals surface area contributed by atoms with Crippen LogP contribution in [0.3, 0.4) is 0 Å². The van der Waals surface area contributed by atoms with E-state index >= 15 is 0 Å². The Morgan fingerprint density at radius 1 is 0.975 bits per heavy atom. The highest BCUT2D eigenvalue weighted by Gasteiger charge is 2.45. The minimum absolute atomic E-state index is 0.0779. The fraction of sp³-hybridized carbons (Fsp3) is 0.848. The van der Waals surface area contributed by atoms with Crippen LogP contribution in [0, 0.1) is 17.3 Å². The molecule has 4 rings (SSSR count). The van der Waals surface area contributed by atoms with Crippen LogP contribution in [-0.4, -0.2) is 49.1 Å². The second kappa shape index (κ2) is 15.1. The van der Waals surface area contributed by atoms with Gasteiger partial charge in [0.05, 0.1) is 25.4 Å². The smallest absolute Gasteiger partial charge is 0.374 e. The Labute approximate surface area is 242 Å². The van der Waals surface area contributed by atoms with E-state index in [9.17, 15) is 9.90 Å². The minimum Gasteiger partial charge on any atom is -0.475 e. The average Bonchev–Trinajstić information content (AvgIpc) is 3.59. The predicted octanol–water partition coefficient (Wildman–Crippen LogP) is 7.89. The number of carboxylic acid groups (broad SMARTS) is 1. The molecule has 3 heterocycles. The van der Waals surface area contributed by atoms with E-state index in [1.807, 2.05) is 0 Å². The Bertz CT molecular complexity index is 853. The van der Waals surface area contributed by atoms with Gasteiger partial charge in [0.15, 0.2) is 18.3 Å². The van der Waals surface area contributed by atoms with Crippen molar-refractivity contribution < 1.29 is 33.6 Å². The van der Waals surface area contributed by atoms with Crippen molar-refractivity contribution in [3.8, 4) is 0 Å². The van der Waals surface area contributed by atoms with Crippen molar-refractivity contribution in [3.63, 3.8) is 0 Å².